The minimum atomic E-state index is -0.875. The Morgan fingerprint density at radius 2 is 2.00 bits per heavy atom. The van der Waals surface area contributed by atoms with Gasteiger partial charge in [-0.25, -0.2) is 4.68 Å². The molecule has 0 unspecified atom stereocenters. The Hall–Kier alpha value is -2.25. The zero-order chi connectivity index (χ0) is 17.3. The van der Waals surface area contributed by atoms with Crippen LogP contribution in [0.2, 0.25) is 10.0 Å². The van der Waals surface area contributed by atoms with Crippen molar-refractivity contribution in [2.24, 2.45) is 0 Å². The van der Waals surface area contributed by atoms with E-state index in [4.69, 9.17) is 32.7 Å². The van der Waals surface area contributed by atoms with Crippen molar-refractivity contribution in [3.63, 3.8) is 0 Å². The summed E-state index contributed by atoms with van der Waals surface area (Å²) in [5.41, 5.74) is -0.113. The van der Waals surface area contributed by atoms with Crippen LogP contribution in [0.3, 0.4) is 0 Å². The molecular formula is C15H13Cl2N3O4. The second-order valence-corrected chi connectivity index (χ2v) is 5.87. The van der Waals surface area contributed by atoms with Crippen LogP contribution in [-0.4, -0.2) is 28.9 Å². The molecule has 0 bridgehead atoms. The molecule has 0 saturated carbocycles. The van der Waals surface area contributed by atoms with Gasteiger partial charge in [-0.15, -0.1) is 0 Å². The minimum absolute atomic E-state index is 0.0392. The normalized spacial score (nSPS) is 14.1. The molecule has 1 aliphatic rings. The third kappa shape index (κ3) is 3.18. The zero-order valence-electron chi connectivity index (χ0n) is 12.6. The molecule has 1 aromatic heterocycles. The van der Waals surface area contributed by atoms with Gasteiger partial charge < -0.3 is 14.8 Å². The smallest absolute Gasteiger partial charge is 0.287 e. The predicted molar refractivity (Wildman–Crippen MR) is 89.3 cm³/mol. The third-order valence-electron chi connectivity index (χ3n) is 3.46. The molecular weight excluding hydrogens is 357 g/mol. The molecule has 0 aliphatic carbocycles. The number of hydrogen-bond donors (Lipinski definition) is 1. The summed E-state index contributed by atoms with van der Waals surface area (Å²) in [5, 5.41) is 6.42. The molecule has 0 fully saturated rings. The van der Waals surface area contributed by atoms with Gasteiger partial charge in [0.2, 0.25) is 5.91 Å². The maximum absolute atomic E-state index is 12.4. The van der Waals surface area contributed by atoms with E-state index in [1.807, 2.05) is 0 Å². The second-order valence-electron chi connectivity index (χ2n) is 5.08. The topological polar surface area (TPSA) is 82.4 Å². The summed E-state index contributed by atoms with van der Waals surface area (Å²) in [5.74, 6) is 0.742. The van der Waals surface area contributed by atoms with Crippen molar-refractivity contribution in [1.82, 2.24) is 9.78 Å². The number of halogens is 2. The number of aromatic nitrogens is 2. The molecule has 1 aliphatic heterocycles. The lowest BCUT2D eigenvalue weighted by atomic mass is 10.2. The van der Waals surface area contributed by atoms with Crippen molar-refractivity contribution >= 4 is 34.8 Å². The van der Waals surface area contributed by atoms with Gasteiger partial charge in [-0.2, -0.15) is 5.10 Å². The van der Waals surface area contributed by atoms with Crippen LogP contribution in [0.1, 0.15) is 13.0 Å². The number of benzene rings is 1. The number of nitrogens with zero attached hydrogens (tertiary/aromatic N) is 2. The molecule has 3 rings (SSSR count). The highest BCUT2D eigenvalue weighted by Crippen LogP contribution is 2.32. The average Bonchev–Trinajstić information content (AvgIpc) is 2.59. The fourth-order valence-corrected chi connectivity index (χ4v) is 2.44. The molecule has 0 saturated heterocycles. The molecule has 1 aromatic carbocycles. The Kier molecular flexibility index (Phi) is 4.64. The lowest BCUT2D eigenvalue weighted by molar-refractivity contribution is -0.119. The van der Waals surface area contributed by atoms with E-state index in [0.29, 0.717) is 30.4 Å². The van der Waals surface area contributed by atoms with Gasteiger partial charge in [0.05, 0.1) is 11.2 Å². The Morgan fingerprint density at radius 3 is 2.75 bits per heavy atom. The van der Waals surface area contributed by atoms with E-state index >= 15 is 0 Å². The van der Waals surface area contributed by atoms with Crippen LogP contribution in [0.15, 0.2) is 29.2 Å². The van der Waals surface area contributed by atoms with Gasteiger partial charge >= 0.3 is 0 Å². The largest absolute Gasteiger partial charge is 0.486 e. The maximum atomic E-state index is 12.4. The summed E-state index contributed by atoms with van der Waals surface area (Å²) < 4.78 is 11.9. The minimum Gasteiger partial charge on any atom is -0.486 e. The zero-order valence-corrected chi connectivity index (χ0v) is 14.1. The van der Waals surface area contributed by atoms with Crippen LogP contribution >= 0.6 is 23.2 Å². The average molecular weight is 370 g/mol. The first-order chi connectivity index (χ1) is 11.5. The number of amides is 1. The lowest BCUT2D eigenvalue weighted by Crippen LogP contribution is -2.33. The van der Waals surface area contributed by atoms with E-state index in [9.17, 15) is 9.59 Å². The number of fused-ring (bicyclic) bond motifs is 1. The third-order valence-corrected chi connectivity index (χ3v) is 4.21. The van der Waals surface area contributed by atoms with Gasteiger partial charge in [-0.3, -0.25) is 9.59 Å². The van der Waals surface area contributed by atoms with Crippen LogP contribution in [0.4, 0.5) is 5.69 Å². The van der Waals surface area contributed by atoms with Crippen molar-refractivity contribution in [3.8, 4) is 11.5 Å². The molecule has 0 spiro atoms. The predicted octanol–water partition coefficient (Wildman–Crippen LogP) is 2.52. The summed E-state index contributed by atoms with van der Waals surface area (Å²) >= 11 is 11.5. The number of hydrogen-bond acceptors (Lipinski definition) is 5. The van der Waals surface area contributed by atoms with Gasteiger partial charge in [0, 0.05) is 11.8 Å². The summed E-state index contributed by atoms with van der Waals surface area (Å²) in [6.07, 6.45) is 1.22. The quantitative estimate of drug-likeness (QED) is 0.898. The van der Waals surface area contributed by atoms with E-state index < -0.39 is 17.5 Å². The second kappa shape index (κ2) is 6.70. The number of ether oxygens (including phenoxy) is 2. The maximum Gasteiger partial charge on any atom is 0.287 e. The highest BCUT2D eigenvalue weighted by molar-refractivity contribution is 6.41. The SMILES string of the molecule is C[C@@H](C(=O)Nc1ccc2c(c1)OCCO2)n1ncc(Cl)c(Cl)c1=O. The van der Waals surface area contributed by atoms with E-state index in [0.717, 1.165) is 4.68 Å². The summed E-state index contributed by atoms with van der Waals surface area (Å²) in [4.78, 5) is 24.4. The number of rotatable bonds is 3. The molecule has 1 amide bonds. The van der Waals surface area contributed by atoms with Gasteiger partial charge in [-0.05, 0) is 19.1 Å². The van der Waals surface area contributed by atoms with E-state index in [-0.39, 0.29) is 10.0 Å². The van der Waals surface area contributed by atoms with E-state index in [1.54, 1.807) is 18.2 Å². The Balaban J connectivity index is 1.80. The fourth-order valence-electron chi connectivity index (χ4n) is 2.18. The van der Waals surface area contributed by atoms with Gasteiger partial charge in [0.1, 0.15) is 24.3 Å². The van der Waals surface area contributed by atoms with Crippen LogP contribution in [-0.2, 0) is 4.79 Å². The standard InChI is InChI=1S/C15H13Cl2N3O4/c1-8(20-15(22)13(17)10(16)7-18-20)14(21)19-9-2-3-11-12(6-9)24-5-4-23-11/h2-3,6-8H,4-5H2,1H3,(H,19,21)/t8-/m0/s1. The van der Waals surface area contributed by atoms with Crippen molar-refractivity contribution < 1.29 is 14.3 Å². The Bertz CT molecular complexity index is 853. The van der Waals surface area contributed by atoms with E-state index in [1.165, 1.54) is 13.1 Å². The summed E-state index contributed by atoms with van der Waals surface area (Å²) in [6.45, 7) is 2.47. The Morgan fingerprint density at radius 1 is 1.29 bits per heavy atom. The van der Waals surface area contributed by atoms with E-state index in [2.05, 4.69) is 10.4 Å². The molecule has 1 N–H and O–H groups in total. The van der Waals surface area contributed by atoms with Crippen LogP contribution in [0, 0.1) is 0 Å². The molecule has 24 heavy (non-hydrogen) atoms. The van der Waals surface area contributed by atoms with Crippen LogP contribution < -0.4 is 20.3 Å². The van der Waals surface area contributed by atoms with Gasteiger partial charge in [-0.1, -0.05) is 23.2 Å². The first-order valence-corrected chi connectivity index (χ1v) is 7.86. The lowest BCUT2D eigenvalue weighted by Gasteiger charge is -2.19. The molecule has 9 heteroatoms. The molecule has 2 heterocycles. The highest BCUT2D eigenvalue weighted by Gasteiger charge is 2.20. The highest BCUT2D eigenvalue weighted by atomic mass is 35.5. The summed E-state index contributed by atoms with van der Waals surface area (Å²) in [6, 6.07) is 4.17. The molecule has 7 nitrogen and oxygen atoms in total. The van der Waals surface area contributed by atoms with Crippen molar-refractivity contribution in [2.75, 3.05) is 18.5 Å². The first kappa shape index (κ1) is 16.6. The number of carbonyl (C=O) groups is 1. The molecule has 2 aromatic rings. The monoisotopic (exact) mass is 369 g/mol. The van der Waals surface area contributed by atoms with Gasteiger partial charge in [0.15, 0.2) is 11.5 Å². The van der Waals surface area contributed by atoms with Crippen LogP contribution in [0.25, 0.3) is 0 Å². The van der Waals surface area contributed by atoms with Crippen LogP contribution in [0.5, 0.6) is 11.5 Å². The van der Waals surface area contributed by atoms with Crippen molar-refractivity contribution in [3.05, 3.63) is 44.8 Å². The molecule has 1 atom stereocenters. The first-order valence-electron chi connectivity index (χ1n) is 7.10. The van der Waals surface area contributed by atoms with Gasteiger partial charge in [0.25, 0.3) is 5.56 Å². The Labute approximate surface area is 147 Å². The number of nitrogens with one attached hydrogen (secondary N) is 1. The number of carbonyl (C=O) groups excluding carboxylic acids is 1. The molecule has 0 radical (unpaired) electrons. The fraction of sp³-hybridized carbons (Fsp3) is 0.267. The summed E-state index contributed by atoms with van der Waals surface area (Å²) in [7, 11) is 0. The molecule has 126 valence electrons. The number of anilines is 1. The van der Waals surface area contributed by atoms with Crippen molar-refractivity contribution in [2.45, 2.75) is 13.0 Å². The van der Waals surface area contributed by atoms with Crippen molar-refractivity contribution in [1.29, 1.82) is 0 Å².